The molecular weight excluding hydrogens is 336 g/mol. The molecule has 0 saturated heterocycles. The summed E-state index contributed by atoms with van der Waals surface area (Å²) in [5, 5.41) is 13.4. The normalized spacial score (nSPS) is 10.7. The highest BCUT2D eigenvalue weighted by molar-refractivity contribution is 7.80. The van der Waals surface area contributed by atoms with Crippen LogP contribution >= 0.6 is 24.2 Å². The van der Waals surface area contributed by atoms with Crippen molar-refractivity contribution in [2.45, 2.75) is 4.90 Å². The van der Waals surface area contributed by atoms with Crippen molar-refractivity contribution in [3.05, 3.63) is 63.4 Å². The summed E-state index contributed by atoms with van der Waals surface area (Å²) < 4.78 is 0. The third kappa shape index (κ3) is 2.78. The minimum Gasteiger partial charge on any atom is -0.506 e. The molecule has 0 aliphatic rings. The second-order valence-electron chi connectivity index (χ2n) is 4.82. The number of aromatic nitrogens is 1. The first-order valence-electron chi connectivity index (χ1n) is 6.62. The Labute approximate surface area is 141 Å². The molecule has 116 valence electrons. The number of benzene rings is 2. The van der Waals surface area contributed by atoms with Crippen LogP contribution in [0.1, 0.15) is 10.4 Å². The lowest BCUT2D eigenvalue weighted by Crippen LogP contribution is -2.23. The first-order valence-corrected chi connectivity index (χ1v) is 7.44. The molecule has 23 heavy (non-hydrogen) atoms. The van der Waals surface area contributed by atoms with Gasteiger partial charge in [0.25, 0.3) is 11.5 Å². The van der Waals surface area contributed by atoms with Crippen molar-refractivity contribution in [1.82, 2.24) is 4.98 Å². The van der Waals surface area contributed by atoms with Crippen LogP contribution in [0, 0.1) is 0 Å². The van der Waals surface area contributed by atoms with Gasteiger partial charge in [-0.05, 0) is 24.3 Å². The van der Waals surface area contributed by atoms with Gasteiger partial charge < -0.3 is 15.4 Å². The topological polar surface area (TPSA) is 82.2 Å². The lowest BCUT2D eigenvalue weighted by atomic mass is 10.1. The number of amides is 1. The smallest absolute Gasteiger partial charge is 0.265 e. The van der Waals surface area contributed by atoms with Gasteiger partial charge in [0.15, 0.2) is 0 Å². The molecule has 3 rings (SSSR count). The van der Waals surface area contributed by atoms with E-state index >= 15 is 0 Å². The SMILES string of the molecule is O=C(Nc1cccc(S)c1Cl)c1c(O)c2ccccc2[nH]c1=O. The van der Waals surface area contributed by atoms with E-state index in [9.17, 15) is 14.7 Å². The van der Waals surface area contributed by atoms with Crippen LogP contribution in [0.3, 0.4) is 0 Å². The zero-order valence-electron chi connectivity index (χ0n) is 11.6. The average molecular weight is 347 g/mol. The molecule has 0 atom stereocenters. The molecule has 0 saturated carbocycles. The molecule has 0 aliphatic heterocycles. The number of carbonyl (C=O) groups is 1. The van der Waals surface area contributed by atoms with Gasteiger partial charge >= 0.3 is 0 Å². The van der Waals surface area contributed by atoms with Gasteiger partial charge in [-0.1, -0.05) is 29.8 Å². The number of nitrogens with one attached hydrogen (secondary N) is 2. The maximum Gasteiger partial charge on any atom is 0.265 e. The van der Waals surface area contributed by atoms with Crippen LogP contribution in [0.5, 0.6) is 5.75 Å². The second kappa shape index (κ2) is 5.98. The summed E-state index contributed by atoms with van der Waals surface area (Å²) in [7, 11) is 0. The van der Waals surface area contributed by atoms with Crippen molar-refractivity contribution < 1.29 is 9.90 Å². The minimum atomic E-state index is -0.754. The molecule has 0 radical (unpaired) electrons. The lowest BCUT2D eigenvalue weighted by molar-refractivity contribution is 0.102. The highest BCUT2D eigenvalue weighted by atomic mass is 35.5. The van der Waals surface area contributed by atoms with Gasteiger partial charge in [0.2, 0.25) is 0 Å². The number of halogens is 1. The van der Waals surface area contributed by atoms with Gasteiger partial charge in [-0.15, -0.1) is 12.6 Å². The van der Waals surface area contributed by atoms with Crippen LogP contribution in [0.4, 0.5) is 5.69 Å². The van der Waals surface area contributed by atoms with Crippen LogP contribution in [-0.4, -0.2) is 16.0 Å². The number of hydrogen-bond donors (Lipinski definition) is 4. The van der Waals surface area contributed by atoms with E-state index in [0.717, 1.165) is 0 Å². The molecule has 1 amide bonds. The third-order valence-electron chi connectivity index (χ3n) is 3.35. The molecule has 3 aromatic rings. The summed E-state index contributed by atoms with van der Waals surface area (Å²) in [6.07, 6.45) is 0. The molecule has 5 nitrogen and oxygen atoms in total. The Kier molecular flexibility index (Phi) is 4.02. The molecule has 3 N–H and O–H groups in total. The highest BCUT2D eigenvalue weighted by Crippen LogP contribution is 2.30. The standard InChI is InChI=1S/C16H11ClN2O3S/c17-13-10(6-3-7-11(13)23)19-16(22)12-14(20)8-4-1-2-5-9(8)18-15(12)21/h1-7,23H,(H,19,22)(H2,18,20,21). The number of anilines is 1. The molecule has 0 unspecified atom stereocenters. The average Bonchev–Trinajstić information content (AvgIpc) is 2.52. The van der Waals surface area contributed by atoms with E-state index in [4.69, 9.17) is 11.6 Å². The molecule has 1 heterocycles. The van der Waals surface area contributed by atoms with E-state index in [1.807, 2.05) is 0 Å². The van der Waals surface area contributed by atoms with Crippen LogP contribution in [0.15, 0.2) is 52.2 Å². The maximum atomic E-state index is 12.4. The molecule has 1 aromatic heterocycles. The molecule has 2 aromatic carbocycles. The van der Waals surface area contributed by atoms with Gasteiger partial charge in [-0.3, -0.25) is 9.59 Å². The van der Waals surface area contributed by atoms with E-state index < -0.39 is 11.5 Å². The second-order valence-corrected chi connectivity index (χ2v) is 5.68. The number of rotatable bonds is 2. The molecule has 0 spiro atoms. The van der Waals surface area contributed by atoms with E-state index in [-0.39, 0.29) is 16.3 Å². The number of fused-ring (bicyclic) bond motifs is 1. The summed E-state index contributed by atoms with van der Waals surface area (Å²) in [6.45, 7) is 0. The van der Waals surface area contributed by atoms with Gasteiger partial charge in [0, 0.05) is 10.3 Å². The first-order chi connectivity index (χ1) is 11.0. The Morgan fingerprint density at radius 3 is 2.70 bits per heavy atom. The summed E-state index contributed by atoms with van der Waals surface area (Å²) in [6, 6.07) is 11.6. The molecule has 7 heteroatoms. The molecular formula is C16H11ClN2O3S. The van der Waals surface area contributed by atoms with Gasteiger partial charge in [0.1, 0.15) is 11.3 Å². The zero-order valence-corrected chi connectivity index (χ0v) is 13.3. The van der Waals surface area contributed by atoms with Crippen molar-refractivity contribution in [1.29, 1.82) is 0 Å². The fourth-order valence-electron chi connectivity index (χ4n) is 2.24. The number of pyridine rings is 1. The Hall–Kier alpha value is -2.44. The van der Waals surface area contributed by atoms with Gasteiger partial charge in [-0.2, -0.15) is 0 Å². The first kappa shape index (κ1) is 15.5. The Morgan fingerprint density at radius 1 is 1.17 bits per heavy atom. The van der Waals surface area contributed by atoms with Gasteiger partial charge in [0.05, 0.1) is 16.2 Å². The predicted octanol–water partition coefficient (Wildman–Crippen LogP) is 3.43. The fourth-order valence-corrected chi connectivity index (χ4v) is 2.62. The van der Waals surface area contributed by atoms with Crippen LogP contribution in [0.25, 0.3) is 10.9 Å². The monoisotopic (exact) mass is 346 g/mol. The number of aromatic hydroxyl groups is 1. The van der Waals surface area contributed by atoms with E-state index in [0.29, 0.717) is 21.5 Å². The number of hydrogen-bond acceptors (Lipinski definition) is 4. The number of para-hydroxylation sites is 1. The summed E-state index contributed by atoms with van der Waals surface area (Å²) in [4.78, 5) is 27.6. The van der Waals surface area contributed by atoms with E-state index in [1.54, 1.807) is 42.5 Å². The third-order valence-corrected chi connectivity index (χ3v) is 4.26. The van der Waals surface area contributed by atoms with Crippen LogP contribution in [0.2, 0.25) is 5.02 Å². The number of H-pyrrole nitrogens is 1. The van der Waals surface area contributed by atoms with Crippen molar-refractivity contribution in [2.75, 3.05) is 5.32 Å². The molecule has 0 bridgehead atoms. The maximum absolute atomic E-state index is 12.4. The number of thiol groups is 1. The minimum absolute atomic E-state index is 0.251. The van der Waals surface area contributed by atoms with Crippen molar-refractivity contribution in [3.8, 4) is 5.75 Å². The Morgan fingerprint density at radius 2 is 1.91 bits per heavy atom. The summed E-state index contributed by atoms with van der Waals surface area (Å²) >= 11 is 10.2. The van der Waals surface area contributed by atoms with Crippen LogP contribution < -0.4 is 10.9 Å². The Balaban J connectivity index is 2.08. The van der Waals surface area contributed by atoms with E-state index in [2.05, 4.69) is 22.9 Å². The lowest BCUT2D eigenvalue weighted by Gasteiger charge is -2.10. The van der Waals surface area contributed by atoms with Crippen molar-refractivity contribution >= 4 is 46.7 Å². The number of aromatic amines is 1. The quantitative estimate of drug-likeness (QED) is 0.536. The zero-order chi connectivity index (χ0) is 16.6. The van der Waals surface area contributed by atoms with Gasteiger partial charge in [-0.25, -0.2) is 0 Å². The largest absolute Gasteiger partial charge is 0.506 e. The molecule has 0 fully saturated rings. The fraction of sp³-hybridized carbons (Fsp3) is 0. The van der Waals surface area contributed by atoms with Crippen molar-refractivity contribution in [3.63, 3.8) is 0 Å². The predicted molar refractivity (Wildman–Crippen MR) is 92.9 cm³/mol. The van der Waals surface area contributed by atoms with E-state index in [1.165, 1.54) is 0 Å². The molecule has 0 aliphatic carbocycles. The summed E-state index contributed by atoms with van der Waals surface area (Å²) in [5.74, 6) is -1.13. The highest BCUT2D eigenvalue weighted by Gasteiger charge is 2.20. The number of carbonyl (C=O) groups excluding carboxylic acids is 1. The Bertz CT molecular complexity index is 985. The summed E-state index contributed by atoms with van der Waals surface area (Å²) in [5.41, 5.74) is -0.306. The van der Waals surface area contributed by atoms with Crippen LogP contribution in [-0.2, 0) is 0 Å². The van der Waals surface area contributed by atoms with Crippen molar-refractivity contribution in [2.24, 2.45) is 0 Å².